The lowest BCUT2D eigenvalue weighted by atomic mass is 10.1. The second-order valence-corrected chi connectivity index (χ2v) is 8.23. The van der Waals surface area contributed by atoms with E-state index in [4.69, 9.17) is 22.7 Å². The van der Waals surface area contributed by atoms with Crippen molar-refractivity contribution in [2.75, 3.05) is 30.5 Å². The van der Waals surface area contributed by atoms with Crippen LogP contribution in [0, 0.1) is 4.64 Å². The number of rotatable bonds is 9. The number of nitrogens with zero attached hydrogens (tertiary/aromatic N) is 3. The van der Waals surface area contributed by atoms with Gasteiger partial charge in [-0.3, -0.25) is 0 Å². The van der Waals surface area contributed by atoms with Gasteiger partial charge in [-0.15, -0.1) is 10.2 Å². The second-order valence-electron chi connectivity index (χ2n) is 5.62. The number of ether oxygens (including phenoxy) is 1. The lowest BCUT2D eigenvalue weighted by Gasteiger charge is -2.08. The van der Waals surface area contributed by atoms with Gasteiger partial charge in [0.05, 0.1) is 7.11 Å². The van der Waals surface area contributed by atoms with Crippen LogP contribution in [0.15, 0.2) is 30.5 Å². The third-order valence-electron chi connectivity index (χ3n) is 3.67. The highest BCUT2D eigenvalue weighted by atomic mass is 32.2. The summed E-state index contributed by atoms with van der Waals surface area (Å²) in [5, 5.41) is 12.5. The first kappa shape index (κ1) is 19.6. The molecule has 0 saturated carbocycles. The topological polar surface area (TPSA) is 102 Å². The number of H-pyrrole nitrogens is 1. The summed E-state index contributed by atoms with van der Waals surface area (Å²) in [5.74, 6) is 3.24. The number of benzene rings is 1. The molecule has 0 spiro atoms. The number of nitrogens with one attached hydrogen (secondary N) is 2. The Bertz CT molecular complexity index is 925. The van der Waals surface area contributed by atoms with E-state index in [1.54, 1.807) is 18.9 Å². The van der Waals surface area contributed by atoms with Crippen LogP contribution in [0.2, 0.25) is 0 Å². The highest BCUT2D eigenvalue weighted by Crippen LogP contribution is 2.18. The summed E-state index contributed by atoms with van der Waals surface area (Å²) in [6, 6.07) is 7.95. The molecular formula is C17H20N6OS3. The maximum atomic E-state index is 5.57. The van der Waals surface area contributed by atoms with E-state index in [9.17, 15) is 0 Å². The van der Waals surface area contributed by atoms with Crippen LogP contribution in [0.3, 0.4) is 0 Å². The van der Waals surface area contributed by atoms with Crippen molar-refractivity contribution >= 4 is 46.4 Å². The third kappa shape index (κ3) is 5.91. The van der Waals surface area contributed by atoms with Crippen molar-refractivity contribution in [1.82, 2.24) is 20.2 Å². The van der Waals surface area contributed by atoms with Crippen LogP contribution in [0.4, 0.5) is 11.1 Å². The van der Waals surface area contributed by atoms with Crippen molar-refractivity contribution in [1.29, 1.82) is 0 Å². The van der Waals surface area contributed by atoms with E-state index < -0.39 is 0 Å². The maximum Gasteiger partial charge on any atom is 0.203 e. The molecule has 0 unspecified atom stereocenters. The minimum Gasteiger partial charge on any atom is -0.497 e. The van der Waals surface area contributed by atoms with E-state index >= 15 is 0 Å². The lowest BCUT2D eigenvalue weighted by molar-refractivity contribution is 0.414. The molecule has 0 fully saturated rings. The first-order chi connectivity index (χ1) is 13.1. The first-order valence-corrected chi connectivity index (χ1v) is 10.6. The van der Waals surface area contributed by atoms with Gasteiger partial charge in [0.2, 0.25) is 11.1 Å². The smallest absolute Gasteiger partial charge is 0.203 e. The van der Waals surface area contributed by atoms with Crippen LogP contribution >= 0.6 is 35.3 Å². The molecule has 7 nitrogen and oxygen atoms in total. The van der Waals surface area contributed by atoms with Crippen molar-refractivity contribution in [3.8, 4) is 5.75 Å². The Morgan fingerprint density at radius 1 is 1.30 bits per heavy atom. The highest BCUT2D eigenvalue weighted by molar-refractivity contribution is 7.98. The van der Waals surface area contributed by atoms with Gasteiger partial charge < -0.3 is 20.8 Å². The Balaban J connectivity index is 1.46. The zero-order valence-corrected chi connectivity index (χ0v) is 17.2. The van der Waals surface area contributed by atoms with Gasteiger partial charge in [-0.05, 0) is 17.7 Å². The fourth-order valence-corrected chi connectivity index (χ4v) is 4.06. The molecule has 0 aliphatic rings. The molecule has 3 rings (SSSR count). The summed E-state index contributed by atoms with van der Waals surface area (Å²) in [6.45, 7) is 0.773. The van der Waals surface area contributed by atoms with E-state index in [-0.39, 0.29) is 0 Å². The molecule has 3 aromatic rings. The Labute approximate surface area is 170 Å². The molecule has 0 atom stereocenters. The number of hydrogen-bond donors (Lipinski definition) is 3. The highest BCUT2D eigenvalue weighted by Gasteiger charge is 2.04. The zero-order valence-electron chi connectivity index (χ0n) is 14.8. The summed E-state index contributed by atoms with van der Waals surface area (Å²) in [6.07, 6.45) is 2.55. The molecule has 0 aliphatic heterocycles. The molecule has 2 aromatic heterocycles. The minimum absolute atomic E-state index is 0.509. The Kier molecular flexibility index (Phi) is 7.02. The molecule has 4 N–H and O–H groups in total. The van der Waals surface area contributed by atoms with Crippen LogP contribution in [-0.4, -0.2) is 39.6 Å². The summed E-state index contributed by atoms with van der Waals surface area (Å²) >= 11 is 8.65. The van der Waals surface area contributed by atoms with Crippen molar-refractivity contribution in [2.24, 2.45) is 0 Å². The molecule has 0 saturated heterocycles. The molecule has 142 valence electrons. The number of nitrogen functional groups attached to an aromatic ring is 1. The number of methoxy groups -OCH3 is 1. The summed E-state index contributed by atoms with van der Waals surface area (Å²) in [7, 11) is 1.66. The molecular weight excluding hydrogens is 400 g/mol. The third-order valence-corrected chi connectivity index (χ3v) is 5.94. The van der Waals surface area contributed by atoms with Gasteiger partial charge in [0.1, 0.15) is 15.4 Å². The molecule has 1 aromatic carbocycles. The molecule has 2 heterocycles. The van der Waals surface area contributed by atoms with Gasteiger partial charge in [0.25, 0.3) is 0 Å². The minimum atomic E-state index is 0.509. The largest absolute Gasteiger partial charge is 0.497 e. The van der Waals surface area contributed by atoms with Crippen LogP contribution < -0.4 is 15.8 Å². The van der Waals surface area contributed by atoms with Gasteiger partial charge in [-0.25, -0.2) is 4.98 Å². The fourth-order valence-electron chi connectivity index (χ4n) is 2.33. The number of anilines is 2. The van der Waals surface area contributed by atoms with Gasteiger partial charge in [0, 0.05) is 36.2 Å². The SMILES string of the molecule is COc1ccc(Cc2cnc(NCCSCc3nnc(N)s3)[nH]c2=S)cc1. The van der Waals surface area contributed by atoms with E-state index in [1.165, 1.54) is 11.3 Å². The van der Waals surface area contributed by atoms with Gasteiger partial charge in [-0.2, -0.15) is 11.8 Å². The lowest BCUT2D eigenvalue weighted by Crippen LogP contribution is -2.08. The fraction of sp³-hybridized carbons (Fsp3) is 0.294. The standard InChI is InChI=1S/C17H20N6OS3/c1-24-13-4-2-11(3-5-13)8-12-9-20-17(21-15(12)25)19-6-7-26-10-14-22-23-16(18)27-14/h2-5,9H,6-8,10H2,1H3,(H2,18,23)(H2,19,20,21,25). The van der Waals surface area contributed by atoms with E-state index in [1.807, 2.05) is 30.5 Å². The van der Waals surface area contributed by atoms with E-state index in [2.05, 4.69) is 25.5 Å². The van der Waals surface area contributed by atoms with Crippen LogP contribution in [-0.2, 0) is 12.2 Å². The van der Waals surface area contributed by atoms with Gasteiger partial charge in [0.15, 0.2) is 0 Å². The Morgan fingerprint density at radius 2 is 2.11 bits per heavy atom. The van der Waals surface area contributed by atoms with Crippen LogP contribution in [0.5, 0.6) is 5.75 Å². The van der Waals surface area contributed by atoms with Gasteiger partial charge >= 0.3 is 0 Å². The maximum absolute atomic E-state index is 5.57. The predicted molar refractivity (Wildman–Crippen MR) is 114 cm³/mol. The summed E-state index contributed by atoms with van der Waals surface area (Å²) in [5.41, 5.74) is 7.72. The van der Waals surface area contributed by atoms with Crippen molar-refractivity contribution in [2.45, 2.75) is 12.2 Å². The van der Waals surface area contributed by atoms with E-state index in [0.717, 1.165) is 46.4 Å². The number of aromatic nitrogens is 4. The number of nitrogens with two attached hydrogens (primary N) is 1. The van der Waals surface area contributed by atoms with E-state index in [0.29, 0.717) is 15.7 Å². The second kappa shape index (κ2) is 9.67. The van der Waals surface area contributed by atoms with Crippen LogP contribution in [0.1, 0.15) is 16.1 Å². The summed E-state index contributed by atoms with van der Waals surface area (Å²) in [4.78, 5) is 7.58. The molecule has 27 heavy (non-hydrogen) atoms. The normalized spacial score (nSPS) is 10.7. The first-order valence-electron chi connectivity index (χ1n) is 8.24. The number of aromatic amines is 1. The molecule has 0 bridgehead atoms. The Hall–Kier alpha value is -2.17. The average Bonchev–Trinajstić information content (AvgIpc) is 3.09. The quantitative estimate of drug-likeness (QED) is 0.357. The van der Waals surface area contributed by atoms with Crippen molar-refractivity contribution in [3.05, 3.63) is 51.2 Å². The van der Waals surface area contributed by atoms with Gasteiger partial charge in [-0.1, -0.05) is 35.7 Å². The molecule has 0 aliphatic carbocycles. The molecule has 0 radical (unpaired) electrons. The number of hydrogen-bond acceptors (Lipinski definition) is 9. The molecule has 10 heteroatoms. The summed E-state index contributed by atoms with van der Waals surface area (Å²) < 4.78 is 5.87. The number of thioether (sulfide) groups is 1. The van der Waals surface area contributed by atoms with Crippen LogP contribution in [0.25, 0.3) is 0 Å². The Morgan fingerprint density at radius 3 is 2.78 bits per heavy atom. The van der Waals surface area contributed by atoms with Crippen molar-refractivity contribution < 1.29 is 4.74 Å². The van der Waals surface area contributed by atoms with Crippen molar-refractivity contribution in [3.63, 3.8) is 0 Å². The predicted octanol–water partition coefficient (Wildman–Crippen LogP) is 3.52. The monoisotopic (exact) mass is 420 g/mol. The zero-order chi connectivity index (χ0) is 19.1. The molecule has 0 amide bonds. The average molecular weight is 421 g/mol.